The van der Waals surface area contributed by atoms with E-state index in [1.807, 2.05) is 70.2 Å². The van der Waals surface area contributed by atoms with Crippen LogP contribution in [0.5, 0.6) is 0 Å². The van der Waals surface area contributed by atoms with Gasteiger partial charge in [0.2, 0.25) is 5.91 Å². The van der Waals surface area contributed by atoms with E-state index in [1.165, 1.54) is 0 Å². The van der Waals surface area contributed by atoms with Crippen LogP contribution in [0.2, 0.25) is 0 Å². The molecule has 2 aromatic rings. The van der Waals surface area contributed by atoms with Crippen LogP contribution in [0.3, 0.4) is 0 Å². The van der Waals surface area contributed by atoms with Crippen LogP contribution in [0.1, 0.15) is 57.6 Å². The number of nitrogens with one attached hydrogen (secondary N) is 2. The minimum Gasteiger partial charge on any atom is -0.480 e. The van der Waals surface area contributed by atoms with Gasteiger partial charge in [-0.25, -0.2) is 9.59 Å². The fourth-order valence-corrected chi connectivity index (χ4v) is 4.33. The fraction of sp³-hybridized carbons (Fsp3) is 0.393. The number of allylic oxidation sites excluding steroid dienone is 1. The molecule has 7 nitrogen and oxygen atoms in total. The second-order valence-corrected chi connectivity index (χ2v) is 9.57. The normalized spacial score (nSPS) is 13.9. The third kappa shape index (κ3) is 6.72. The van der Waals surface area contributed by atoms with Gasteiger partial charge in [0, 0.05) is 5.92 Å². The summed E-state index contributed by atoms with van der Waals surface area (Å²) in [7, 11) is 0. The van der Waals surface area contributed by atoms with Crippen molar-refractivity contribution in [2.24, 2.45) is 5.92 Å². The van der Waals surface area contributed by atoms with Crippen molar-refractivity contribution >= 4 is 18.0 Å². The van der Waals surface area contributed by atoms with Gasteiger partial charge in [0.15, 0.2) is 0 Å². The Labute approximate surface area is 206 Å². The lowest BCUT2D eigenvalue weighted by Gasteiger charge is -2.22. The van der Waals surface area contributed by atoms with E-state index in [1.54, 1.807) is 0 Å². The van der Waals surface area contributed by atoms with Gasteiger partial charge >= 0.3 is 12.1 Å². The Kier molecular flexibility index (Phi) is 8.68. The number of carbonyl (C=O) groups excluding carboxylic acids is 2. The van der Waals surface area contributed by atoms with E-state index in [0.29, 0.717) is 6.42 Å². The number of carboxylic acids is 1. The van der Waals surface area contributed by atoms with Gasteiger partial charge in [0.1, 0.15) is 18.7 Å². The Morgan fingerprint density at radius 3 is 2.03 bits per heavy atom. The van der Waals surface area contributed by atoms with Crippen molar-refractivity contribution in [3.63, 3.8) is 0 Å². The highest BCUT2D eigenvalue weighted by Gasteiger charge is 2.30. The van der Waals surface area contributed by atoms with Gasteiger partial charge in [0.25, 0.3) is 0 Å². The van der Waals surface area contributed by atoms with Crippen molar-refractivity contribution in [1.29, 1.82) is 0 Å². The van der Waals surface area contributed by atoms with Gasteiger partial charge < -0.3 is 20.5 Å². The second kappa shape index (κ2) is 11.7. The molecule has 0 bridgehead atoms. The third-order valence-electron chi connectivity index (χ3n) is 6.04. The minimum atomic E-state index is -1.10. The number of hydrogen-bond acceptors (Lipinski definition) is 4. The van der Waals surface area contributed by atoms with Crippen LogP contribution in [-0.4, -0.2) is 41.8 Å². The highest BCUT2D eigenvalue weighted by Crippen LogP contribution is 2.44. The molecule has 0 saturated carbocycles. The quantitative estimate of drug-likeness (QED) is 0.423. The highest BCUT2D eigenvalue weighted by atomic mass is 16.5. The monoisotopic (exact) mass is 478 g/mol. The molecule has 0 saturated heterocycles. The van der Waals surface area contributed by atoms with Crippen molar-refractivity contribution in [3.8, 4) is 11.1 Å². The van der Waals surface area contributed by atoms with Crippen molar-refractivity contribution in [2.45, 2.75) is 58.5 Å². The van der Waals surface area contributed by atoms with E-state index >= 15 is 0 Å². The van der Waals surface area contributed by atoms with Crippen molar-refractivity contribution in [2.75, 3.05) is 6.61 Å². The van der Waals surface area contributed by atoms with Gasteiger partial charge in [-0.2, -0.15) is 0 Å². The molecule has 0 radical (unpaired) electrons. The lowest BCUT2D eigenvalue weighted by molar-refractivity contribution is -0.142. The average molecular weight is 479 g/mol. The summed E-state index contributed by atoms with van der Waals surface area (Å²) in [6, 6.07) is 14.1. The summed E-state index contributed by atoms with van der Waals surface area (Å²) in [5.74, 6) is -1.67. The second-order valence-electron chi connectivity index (χ2n) is 9.57. The van der Waals surface area contributed by atoms with Crippen LogP contribution in [0, 0.1) is 5.92 Å². The molecule has 0 aliphatic heterocycles. The summed E-state index contributed by atoms with van der Waals surface area (Å²) < 4.78 is 5.58. The Hall–Kier alpha value is -3.61. The number of amides is 2. The van der Waals surface area contributed by atoms with Gasteiger partial charge in [-0.05, 0) is 54.9 Å². The van der Waals surface area contributed by atoms with Gasteiger partial charge in [-0.3, -0.25) is 4.79 Å². The zero-order chi connectivity index (χ0) is 25.5. The molecule has 3 rings (SSSR count). The average Bonchev–Trinajstić information content (AvgIpc) is 3.13. The fourth-order valence-electron chi connectivity index (χ4n) is 4.33. The molecule has 7 heteroatoms. The number of aliphatic carboxylic acids is 1. The lowest BCUT2D eigenvalue weighted by Crippen LogP contribution is -2.52. The number of fused-ring (bicyclic) bond motifs is 3. The van der Waals surface area contributed by atoms with Gasteiger partial charge in [-0.1, -0.05) is 74.0 Å². The maximum Gasteiger partial charge on any atom is 0.407 e. The SMILES string of the molecule is CC(C)=CCC(NC(=O)OCC1c2ccccc2-c2ccccc21)C(=O)N[C@@H](CC(C)C)C(=O)O. The summed E-state index contributed by atoms with van der Waals surface area (Å²) in [6.45, 7) is 7.68. The van der Waals surface area contributed by atoms with Crippen LogP contribution in [0.4, 0.5) is 4.79 Å². The summed E-state index contributed by atoms with van der Waals surface area (Å²) in [4.78, 5) is 37.2. The van der Waals surface area contributed by atoms with E-state index in [2.05, 4.69) is 22.8 Å². The van der Waals surface area contributed by atoms with Crippen LogP contribution >= 0.6 is 0 Å². The number of ether oxygens (including phenoxy) is 1. The zero-order valence-electron chi connectivity index (χ0n) is 20.7. The first-order valence-electron chi connectivity index (χ1n) is 12.0. The molecule has 2 atom stereocenters. The number of alkyl carbamates (subject to hydrolysis) is 1. The number of carboxylic acid groups (broad SMARTS) is 1. The Morgan fingerprint density at radius 1 is 0.943 bits per heavy atom. The molecule has 35 heavy (non-hydrogen) atoms. The highest BCUT2D eigenvalue weighted by molar-refractivity contribution is 5.89. The van der Waals surface area contributed by atoms with Crippen LogP contribution < -0.4 is 10.6 Å². The number of carbonyl (C=O) groups is 3. The first kappa shape index (κ1) is 26.0. The first-order chi connectivity index (χ1) is 16.7. The first-order valence-corrected chi connectivity index (χ1v) is 12.0. The summed E-state index contributed by atoms with van der Waals surface area (Å²) in [5, 5.41) is 14.7. The summed E-state index contributed by atoms with van der Waals surface area (Å²) in [5.41, 5.74) is 5.43. The van der Waals surface area contributed by atoms with E-state index < -0.39 is 30.1 Å². The predicted molar refractivity (Wildman–Crippen MR) is 135 cm³/mol. The molecule has 0 spiro atoms. The molecule has 0 heterocycles. The van der Waals surface area contributed by atoms with Crippen LogP contribution in [0.15, 0.2) is 60.2 Å². The molecule has 1 aliphatic carbocycles. The van der Waals surface area contributed by atoms with E-state index in [4.69, 9.17) is 4.74 Å². The maximum absolute atomic E-state index is 12.9. The topological polar surface area (TPSA) is 105 Å². The number of benzene rings is 2. The molecule has 1 unspecified atom stereocenters. The van der Waals surface area contributed by atoms with Crippen molar-refractivity contribution in [3.05, 3.63) is 71.3 Å². The van der Waals surface area contributed by atoms with Crippen LogP contribution in [-0.2, 0) is 14.3 Å². The largest absolute Gasteiger partial charge is 0.480 e. The molecular formula is C28H34N2O5. The van der Waals surface area contributed by atoms with E-state index in [0.717, 1.165) is 27.8 Å². The molecule has 0 fully saturated rings. The molecule has 0 aromatic heterocycles. The maximum atomic E-state index is 12.9. The van der Waals surface area contributed by atoms with Gasteiger partial charge in [0.05, 0.1) is 0 Å². The standard InChI is InChI=1S/C28H34N2O5/c1-17(2)13-14-24(26(31)29-25(27(32)33)15-18(3)4)30-28(34)35-16-23-21-11-7-5-9-19(21)20-10-6-8-12-22(20)23/h5-13,18,23-25H,14-16H2,1-4H3,(H,29,31)(H,30,34)(H,32,33)/t24?,25-/m0/s1. The Balaban J connectivity index is 1.68. The van der Waals surface area contributed by atoms with Gasteiger partial charge in [-0.15, -0.1) is 0 Å². The Morgan fingerprint density at radius 2 is 1.51 bits per heavy atom. The van der Waals surface area contributed by atoms with Crippen LogP contribution in [0.25, 0.3) is 11.1 Å². The molecule has 1 aliphatic rings. The number of rotatable bonds is 10. The molecule has 3 N–H and O–H groups in total. The van der Waals surface area contributed by atoms with E-state index in [9.17, 15) is 19.5 Å². The number of hydrogen-bond donors (Lipinski definition) is 3. The summed E-state index contributed by atoms with van der Waals surface area (Å²) >= 11 is 0. The summed E-state index contributed by atoms with van der Waals surface area (Å²) in [6.07, 6.45) is 1.63. The Bertz CT molecular complexity index is 1060. The lowest BCUT2D eigenvalue weighted by atomic mass is 9.98. The smallest absolute Gasteiger partial charge is 0.407 e. The molecule has 186 valence electrons. The third-order valence-corrected chi connectivity index (χ3v) is 6.04. The van der Waals surface area contributed by atoms with E-state index in [-0.39, 0.29) is 24.9 Å². The minimum absolute atomic E-state index is 0.0859. The van der Waals surface area contributed by atoms with Crippen molar-refractivity contribution < 1.29 is 24.2 Å². The van der Waals surface area contributed by atoms with Crippen molar-refractivity contribution in [1.82, 2.24) is 10.6 Å². The molecule has 2 aromatic carbocycles. The molecule has 2 amide bonds. The zero-order valence-corrected chi connectivity index (χ0v) is 20.7. The predicted octanol–water partition coefficient (Wildman–Crippen LogP) is 4.87. The molecular weight excluding hydrogens is 444 g/mol.